The van der Waals surface area contributed by atoms with E-state index in [0.29, 0.717) is 17.9 Å². The minimum atomic E-state index is -0.0556. The fraction of sp³-hybridized carbons (Fsp3) is 1.00. The molecule has 0 radical (unpaired) electrons. The van der Waals surface area contributed by atoms with Gasteiger partial charge in [0.05, 0.1) is 6.10 Å². The normalized spacial score (nSPS) is 56.7. The van der Waals surface area contributed by atoms with E-state index in [1.165, 1.54) is 6.42 Å². The van der Waals surface area contributed by atoms with Gasteiger partial charge in [-0.05, 0) is 25.2 Å². The number of hydrogen-bond acceptors (Lipinski definition) is 2. The molecule has 2 fully saturated rings. The second-order valence-electron chi connectivity index (χ2n) is 3.39. The largest absolute Gasteiger partial charge is 0.392 e. The van der Waals surface area contributed by atoms with Crippen molar-refractivity contribution in [3.05, 3.63) is 0 Å². The Morgan fingerprint density at radius 3 is 2.33 bits per heavy atom. The van der Waals surface area contributed by atoms with Crippen LogP contribution in [0.3, 0.4) is 0 Å². The van der Waals surface area contributed by atoms with Gasteiger partial charge in [0.2, 0.25) is 0 Å². The Morgan fingerprint density at radius 2 is 2.11 bits per heavy atom. The van der Waals surface area contributed by atoms with Crippen LogP contribution in [0.4, 0.5) is 0 Å². The van der Waals surface area contributed by atoms with Gasteiger partial charge in [-0.15, -0.1) is 0 Å². The summed E-state index contributed by atoms with van der Waals surface area (Å²) < 4.78 is 0. The van der Waals surface area contributed by atoms with E-state index in [1.54, 1.807) is 0 Å². The van der Waals surface area contributed by atoms with Crippen molar-refractivity contribution in [2.75, 3.05) is 0 Å². The molecule has 9 heavy (non-hydrogen) atoms. The summed E-state index contributed by atoms with van der Waals surface area (Å²) in [5.74, 6) is 0.986. The van der Waals surface area contributed by atoms with Crippen molar-refractivity contribution in [3.63, 3.8) is 0 Å². The van der Waals surface area contributed by atoms with E-state index in [-0.39, 0.29) is 6.10 Å². The second kappa shape index (κ2) is 1.70. The highest BCUT2D eigenvalue weighted by atomic mass is 16.3. The zero-order valence-corrected chi connectivity index (χ0v) is 5.46. The third-order valence-corrected chi connectivity index (χ3v) is 2.92. The lowest BCUT2D eigenvalue weighted by Crippen LogP contribution is -2.28. The van der Waals surface area contributed by atoms with Crippen molar-refractivity contribution >= 4 is 0 Å². The minimum absolute atomic E-state index is 0.0556. The third-order valence-electron chi connectivity index (χ3n) is 2.92. The Kier molecular flexibility index (Phi) is 1.08. The molecule has 0 aliphatic heterocycles. The number of hydrogen-bond donors (Lipinski definition) is 2. The standard InChI is InChI=1S/C7H13NO/c8-6-3-4-1-2-5(6)7(4)9/h4-7,9H,1-3,8H2/t4-,5+,6+,7+/m1/s1. The molecule has 0 heterocycles. The van der Waals surface area contributed by atoms with Crippen LogP contribution < -0.4 is 5.73 Å². The van der Waals surface area contributed by atoms with Gasteiger partial charge in [-0.2, -0.15) is 0 Å². The van der Waals surface area contributed by atoms with Crippen molar-refractivity contribution in [1.29, 1.82) is 0 Å². The molecule has 0 spiro atoms. The maximum Gasteiger partial charge on any atom is 0.0611 e. The maximum atomic E-state index is 9.42. The summed E-state index contributed by atoms with van der Waals surface area (Å²) in [5.41, 5.74) is 5.75. The molecule has 52 valence electrons. The molecular formula is C7H13NO. The zero-order valence-electron chi connectivity index (χ0n) is 5.46. The lowest BCUT2D eigenvalue weighted by atomic mass is 9.96. The van der Waals surface area contributed by atoms with Crippen LogP contribution in [-0.2, 0) is 0 Å². The second-order valence-corrected chi connectivity index (χ2v) is 3.39. The molecule has 0 amide bonds. The van der Waals surface area contributed by atoms with Crippen molar-refractivity contribution in [2.45, 2.75) is 31.4 Å². The quantitative estimate of drug-likeness (QED) is 0.485. The molecule has 0 unspecified atom stereocenters. The first-order valence-electron chi connectivity index (χ1n) is 3.72. The Hall–Kier alpha value is -0.0800. The van der Waals surface area contributed by atoms with Gasteiger partial charge in [-0.25, -0.2) is 0 Å². The molecule has 2 nitrogen and oxygen atoms in total. The van der Waals surface area contributed by atoms with Crippen LogP contribution in [-0.4, -0.2) is 17.3 Å². The van der Waals surface area contributed by atoms with Crippen molar-refractivity contribution in [3.8, 4) is 0 Å². The van der Waals surface area contributed by atoms with E-state index in [1.807, 2.05) is 0 Å². The van der Waals surface area contributed by atoms with Gasteiger partial charge in [0.1, 0.15) is 0 Å². The third kappa shape index (κ3) is 0.634. The van der Waals surface area contributed by atoms with E-state index in [9.17, 15) is 5.11 Å². The number of rotatable bonds is 0. The number of aliphatic hydroxyl groups is 1. The van der Waals surface area contributed by atoms with Crippen LogP contribution in [0.15, 0.2) is 0 Å². The molecule has 2 rings (SSSR count). The van der Waals surface area contributed by atoms with Crippen LogP contribution in [0.2, 0.25) is 0 Å². The molecule has 2 saturated carbocycles. The minimum Gasteiger partial charge on any atom is -0.392 e. The molecule has 2 bridgehead atoms. The fourth-order valence-corrected chi connectivity index (χ4v) is 2.35. The van der Waals surface area contributed by atoms with Gasteiger partial charge in [0, 0.05) is 12.0 Å². The lowest BCUT2D eigenvalue weighted by Gasteiger charge is -2.15. The van der Waals surface area contributed by atoms with Gasteiger partial charge in [-0.1, -0.05) is 0 Å². The van der Waals surface area contributed by atoms with Crippen LogP contribution in [0.5, 0.6) is 0 Å². The maximum absolute atomic E-state index is 9.42. The summed E-state index contributed by atoms with van der Waals surface area (Å²) in [6.07, 6.45) is 3.37. The molecule has 2 aliphatic carbocycles. The van der Waals surface area contributed by atoms with Crippen LogP contribution in [0, 0.1) is 11.8 Å². The predicted molar refractivity (Wildman–Crippen MR) is 34.8 cm³/mol. The molecule has 2 heteroatoms. The first-order valence-corrected chi connectivity index (χ1v) is 3.72. The number of nitrogens with two attached hydrogens (primary N) is 1. The Bertz CT molecular complexity index is 126. The molecule has 0 saturated heterocycles. The first-order chi connectivity index (χ1) is 4.29. The summed E-state index contributed by atoms with van der Waals surface area (Å²) in [7, 11) is 0. The highest BCUT2D eigenvalue weighted by Crippen LogP contribution is 2.43. The highest BCUT2D eigenvalue weighted by molar-refractivity contribution is 4.98. The summed E-state index contributed by atoms with van der Waals surface area (Å²) in [6.45, 7) is 0. The molecule has 3 N–H and O–H groups in total. The van der Waals surface area contributed by atoms with E-state index >= 15 is 0 Å². The van der Waals surface area contributed by atoms with Gasteiger partial charge in [-0.3, -0.25) is 0 Å². The monoisotopic (exact) mass is 127 g/mol. The lowest BCUT2D eigenvalue weighted by molar-refractivity contribution is 0.126. The number of fused-ring (bicyclic) bond motifs is 2. The van der Waals surface area contributed by atoms with Crippen molar-refractivity contribution < 1.29 is 5.11 Å². The van der Waals surface area contributed by atoms with E-state index in [0.717, 1.165) is 12.8 Å². The average Bonchev–Trinajstić information content (AvgIpc) is 2.25. The molecule has 0 aromatic rings. The van der Waals surface area contributed by atoms with E-state index in [4.69, 9.17) is 5.73 Å². The Balaban J connectivity index is 2.16. The van der Waals surface area contributed by atoms with Crippen molar-refractivity contribution in [1.82, 2.24) is 0 Å². The number of aliphatic hydroxyl groups excluding tert-OH is 1. The molecule has 0 aromatic carbocycles. The fourth-order valence-electron chi connectivity index (χ4n) is 2.35. The summed E-state index contributed by atoms with van der Waals surface area (Å²) in [4.78, 5) is 0. The Morgan fingerprint density at radius 1 is 1.33 bits per heavy atom. The smallest absolute Gasteiger partial charge is 0.0611 e. The van der Waals surface area contributed by atoms with Gasteiger partial charge >= 0.3 is 0 Å². The molecular weight excluding hydrogens is 114 g/mol. The summed E-state index contributed by atoms with van der Waals surface area (Å²) in [6, 6.07) is 0.304. The van der Waals surface area contributed by atoms with E-state index in [2.05, 4.69) is 0 Å². The van der Waals surface area contributed by atoms with Crippen LogP contribution >= 0.6 is 0 Å². The van der Waals surface area contributed by atoms with Gasteiger partial charge in [0.25, 0.3) is 0 Å². The summed E-state index contributed by atoms with van der Waals surface area (Å²) >= 11 is 0. The van der Waals surface area contributed by atoms with Crippen LogP contribution in [0.25, 0.3) is 0 Å². The summed E-state index contributed by atoms with van der Waals surface area (Å²) in [5, 5.41) is 9.42. The average molecular weight is 127 g/mol. The first kappa shape index (κ1) is 5.69. The van der Waals surface area contributed by atoms with Gasteiger partial charge < -0.3 is 10.8 Å². The highest BCUT2D eigenvalue weighted by Gasteiger charge is 2.45. The predicted octanol–water partition coefficient (Wildman–Crippen LogP) is 0.104. The Labute approximate surface area is 55.1 Å². The topological polar surface area (TPSA) is 46.2 Å². The van der Waals surface area contributed by atoms with Gasteiger partial charge in [0.15, 0.2) is 0 Å². The zero-order chi connectivity index (χ0) is 6.43. The molecule has 4 atom stereocenters. The SMILES string of the molecule is N[C@H]1C[C@H]2CC[C@@H]1[C@H]2O. The van der Waals surface area contributed by atoms with E-state index < -0.39 is 0 Å². The molecule has 0 aromatic heterocycles. The molecule has 2 aliphatic rings. The van der Waals surface area contributed by atoms with Crippen LogP contribution in [0.1, 0.15) is 19.3 Å². The van der Waals surface area contributed by atoms with Crippen molar-refractivity contribution in [2.24, 2.45) is 17.6 Å².